The molecule has 1 aliphatic rings. The van der Waals surface area contributed by atoms with E-state index in [1.165, 1.54) is 23.3 Å². The van der Waals surface area contributed by atoms with Crippen molar-refractivity contribution in [2.45, 2.75) is 32.7 Å². The smallest absolute Gasteiger partial charge is 0.295 e. The van der Waals surface area contributed by atoms with Gasteiger partial charge in [-0.2, -0.15) is 20.0 Å². The van der Waals surface area contributed by atoms with Gasteiger partial charge in [-0.15, -0.1) is 0 Å². The monoisotopic (exact) mass is 482 g/mol. The van der Waals surface area contributed by atoms with Crippen LogP contribution in [0.5, 0.6) is 0 Å². The molecule has 1 saturated heterocycles. The summed E-state index contributed by atoms with van der Waals surface area (Å²) in [5.74, 6) is -0.775. The highest BCUT2D eigenvalue weighted by Crippen LogP contribution is 2.30. The Hall–Kier alpha value is -3.46. The van der Waals surface area contributed by atoms with E-state index in [4.69, 9.17) is 16.0 Å². The molecule has 1 fully saturated rings. The Morgan fingerprint density at radius 2 is 2.06 bits per heavy atom. The number of anilines is 1. The average Bonchev–Trinajstić information content (AvgIpc) is 3.48. The maximum atomic E-state index is 15.1. The van der Waals surface area contributed by atoms with Crippen molar-refractivity contribution < 1.29 is 13.6 Å². The summed E-state index contributed by atoms with van der Waals surface area (Å²) in [5, 5.41) is 12.1. The molecule has 10 heteroatoms. The van der Waals surface area contributed by atoms with Gasteiger partial charge in [0.05, 0.1) is 18.4 Å². The molecule has 0 radical (unpaired) electrons. The Kier molecular flexibility index (Phi) is 5.95. The highest BCUT2D eigenvalue weighted by atomic mass is 35.5. The van der Waals surface area contributed by atoms with Crippen LogP contribution in [0.15, 0.2) is 47.1 Å². The number of hydrogen-bond donors (Lipinski definition) is 1. The van der Waals surface area contributed by atoms with E-state index in [2.05, 4.69) is 27.4 Å². The second-order valence-corrected chi connectivity index (χ2v) is 9.04. The topological polar surface area (TPSA) is 89.1 Å². The first-order chi connectivity index (χ1) is 16.4. The lowest BCUT2D eigenvalue weighted by Gasteiger charge is -2.40. The Bertz CT molecular complexity index is 1340. The molecule has 176 valence electrons. The van der Waals surface area contributed by atoms with Crippen LogP contribution in [-0.4, -0.2) is 49.9 Å². The van der Waals surface area contributed by atoms with E-state index in [0.717, 1.165) is 12.8 Å². The Labute approximate surface area is 200 Å². The molecule has 2 unspecified atom stereocenters. The number of rotatable bonds is 5. The summed E-state index contributed by atoms with van der Waals surface area (Å²) >= 11 is 6.04. The van der Waals surface area contributed by atoms with Gasteiger partial charge in [-0.25, -0.2) is 4.39 Å². The quantitative estimate of drug-likeness (QED) is 0.437. The number of aromatic nitrogens is 4. The predicted octanol–water partition coefficient (Wildman–Crippen LogP) is 4.86. The molecule has 0 saturated carbocycles. The summed E-state index contributed by atoms with van der Waals surface area (Å²) in [7, 11) is 0. The molecule has 8 nitrogen and oxygen atoms in total. The molecular weight excluding hydrogens is 459 g/mol. The first kappa shape index (κ1) is 22.3. The number of nitrogens with one attached hydrogen (secondary N) is 1. The van der Waals surface area contributed by atoms with Gasteiger partial charge in [-0.05, 0) is 55.5 Å². The number of benzene rings is 2. The highest BCUT2D eigenvalue weighted by molar-refractivity contribution is 6.31. The normalized spacial score (nSPS) is 18.4. The van der Waals surface area contributed by atoms with Crippen LogP contribution in [0, 0.1) is 18.7 Å². The van der Waals surface area contributed by atoms with Gasteiger partial charge >= 0.3 is 0 Å². The van der Waals surface area contributed by atoms with Crippen LogP contribution in [0.25, 0.3) is 16.8 Å². The number of amides is 1. The summed E-state index contributed by atoms with van der Waals surface area (Å²) in [5.41, 5.74) is 2.32. The average molecular weight is 483 g/mol. The van der Waals surface area contributed by atoms with Gasteiger partial charge in [-0.3, -0.25) is 4.79 Å². The van der Waals surface area contributed by atoms with E-state index in [-0.39, 0.29) is 23.4 Å². The van der Waals surface area contributed by atoms with Crippen molar-refractivity contribution in [2.24, 2.45) is 5.92 Å². The molecule has 2 aromatic carbocycles. The molecule has 1 amide bonds. The molecule has 3 heterocycles. The van der Waals surface area contributed by atoms with Crippen molar-refractivity contribution in [2.75, 3.05) is 18.4 Å². The fourth-order valence-corrected chi connectivity index (χ4v) is 4.75. The Morgan fingerprint density at radius 3 is 2.85 bits per heavy atom. The van der Waals surface area contributed by atoms with Crippen molar-refractivity contribution in [3.63, 3.8) is 0 Å². The standard InChI is InChI=1S/C24H24ClFN6O2/c1-14-4-3-11-31(19(14)13-27-24-30-18-12-16(25)6-8-20(18)34-24)23(33)21-17(26)7-5-15(2)22(21)32-28-9-10-29-32/h5-10,12,14,19H,3-4,11,13H2,1-2H3,(H,27,30). The lowest BCUT2D eigenvalue weighted by atomic mass is 9.89. The van der Waals surface area contributed by atoms with Crippen molar-refractivity contribution in [1.29, 1.82) is 0 Å². The number of carbonyl (C=O) groups excluding carboxylic acids is 1. The van der Waals surface area contributed by atoms with Gasteiger partial charge in [0.25, 0.3) is 11.9 Å². The summed E-state index contributed by atoms with van der Waals surface area (Å²) in [4.78, 5) is 21.3. The van der Waals surface area contributed by atoms with Crippen LogP contribution in [0.4, 0.5) is 10.4 Å². The summed E-state index contributed by atoms with van der Waals surface area (Å²) < 4.78 is 20.9. The molecule has 0 bridgehead atoms. The third kappa shape index (κ3) is 4.11. The molecule has 1 aliphatic heterocycles. The van der Waals surface area contributed by atoms with Crippen LogP contribution in [0.1, 0.15) is 35.7 Å². The number of oxazole rings is 1. The van der Waals surface area contributed by atoms with Crippen LogP contribution in [0.2, 0.25) is 5.02 Å². The number of likely N-dealkylation sites (tertiary alicyclic amines) is 1. The van der Waals surface area contributed by atoms with Crippen LogP contribution in [-0.2, 0) is 0 Å². The summed E-state index contributed by atoms with van der Waals surface area (Å²) in [6.07, 6.45) is 4.81. The van der Waals surface area contributed by atoms with Crippen LogP contribution in [0.3, 0.4) is 0 Å². The molecule has 0 spiro atoms. The van der Waals surface area contributed by atoms with Gasteiger partial charge in [0.1, 0.15) is 22.6 Å². The van der Waals surface area contributed by atoms with Gasteiger partial charge in [0, 0.05) is 18.1 Å². The highest BCUT2D eigenvalue weighted by Gasteiger charge is 2.35. The van der Waals surface area contributed by atoms with E-state index >= 15 is 4.39 Å². The van der Waals surface area contributed by atoms with Crippen molar-refractivity contribution in [3.8, 4) is 5.69 Å². The fourth-order valence-electron chi connectivity index (χ4n) is 4.59. The minimum atomic E-state index is -0.594. The van der Waals surface area contributed by atoms with Gasteiger partial charge in [0.2, 0.25) is 0 Å². The van der Waals surface area contributed by atoms with E-state index in [9.17, 15) is 4.79 Å². The lowest BCUT2D eigenvalue weighted by molar-refractivity contribution is 0.0534. The first-order valence-electron chi connectivity index (χ1n) is 11.2. The lowest BCUT2D eigenvalue weighted by Crippen LogP contribution is -2.51. The molecule has 0 aliphatic carbocycles. The maximum absolute atomic E-state index is 15.1. The second kappa shape index (κ2) is 9.06. The second-order valence-electron chi connectivity index (χ2n) is 8.60. The first-order valence-corrected chi connectivity index (χ1v) is 11.6. The largest absolute Gasteiger partial charge is 0.424 e. The minimum Gasteiger partial charge on any atom is -0.424 e. The van der Waals surface area contributed by atoms with Crippen molar-refractivity contribution in [1.82, 2.24) is 24.9 Å². The zero-order valence-electron chi connectivity index (χ0n) is 18.8. The summed E-state index contributed by atoms with van der Waals surface area (Å²) in [6, 6.07) is 8.35. The zero-order chi connectivity index (χ0) is 23.8. The number of halogens is 2. The number of aryl methyl sites for hydroxylation is 1. The fraction of sp³-hybridized carbons (Fsp3) is 0.333. The Balaban J connectivity index is 1.44. The number of nitrogens with zero attached hydrogens (tertiary/aromatic N) is 5. The zero-order valence-corrected chi connectivity index (χ0v) is 19.6. The molecular formula is C24H24ClFN6O2. The third-order valence-electron chi connectivity index (χ3n) is 6.35. The van der Waals surface area contributed by atoms with Crippen molar-refractivity contribution in [3.05, 3.63) is 64.7 Å². The van der Waals surface area contributed by atoms with Gasteiger partial charge in [-0.1, -0.05) is 24.6 Å². The molecule has 2 atom stereocenters. The minimum absolute atomic E-state index is 0.0215. The number of hydrogen-bond acceptors (Lipinski definition) is 6. The molecule has 5 rings (SSSR count). The molecule has 1 N–H and O–H groups in total. The molecule has 4 aromatic rings. The Morgan fingerprint density at radius 1 is 1.26 bits per heavy atom. The van der Waals surface area contributed by atoms with E-state index in [0.29, 0.717) is 46.5 Å². The van der Waals surface area contributed by atoms with Crippen LogP contribution < -0.4 is 5.32 Å². The molecule has 34 heavy (non-hydrogen) atoms. The predicted molar refractivity (Wildman–Crippen MR) is 127 cm³/mol. The van der Waals surface area contributed by atoms with E-state index in [1.54, 1.807) is 29.2 Å². The van der Waals surface area contributed by atoms with E-state index < -0.39 is 5.82 Å². The molecule has 2 aromatic heterocycles. The maximum Gasteiger partial charge on any atom is 0.295 e. The van der Waals surface area contributed by atoms with Crippen LogP contribution >= 0.6 is 11.6 Å². The summed E-state index contributed by atoms with van der Waals surface area (Å²) in [6.45, 7) is 4.85. The number of piperidine rings is 1. The van der Waals surface area contributed by atoms with E-state index in [1.807, 2.05) is 6.92 Å². The number of fused-ring (bicyclic) bond motifs is 1. The van der Waals surface area contributed by atoms with Gasteiger partial charge < -0.3 is 14.6 Å². The SMILES string of the molecule is Cc1ccc(F)c(C(=O)N2CCCC(C)C2CNc2nc3cc(Cl)ccc3o2)c1-n1nccn1. The van der Waals surface area contributed by atoms with Crippen molar-refractivity contribution >= 4 is 34.6 Å². The number of carbonyl (C=O) groups is 1. The van der Waals surface area contributed by atoms with Gasteiger partial charge in [0.15, 0.2) is 5.58 Å². The third-order valence-corrected chi connectivity index (χ3v) is 6.59.